The van der Waals surface area contributed by atoms with Gasteiger partial charge in [0.05, 0.1) is 19.9 Å². The first kappa shape index (κ1) is 17.4. The van der Waals surface area contributed by atoms with E-state index in [1.54, 1.807) is 31.2 Å². The van der Waals surface area contributed by atoms with Crippen molar-refractivity contribution in [1.29, 1.82) is 0 Å². The molecule has 0 saturated carbocycles. The third-order valence-electron chi connectivity index (χ3n) is 3.82. The van der Waals surface area contributed by atoms with Crippen LogP contribution in [0.25, 0.3) is 16.8 Å². The third-order valence-corrected chi connectivity index (χ3v) is 3.82. The van der Waals surface area contributed by atoms with Gasteiger partial charge in [-0.1, -0.05) is 12.1 Å². The highest BCUT2D eigenvalue weighted by molar-refractivity contribution is 5.92. The lowest BCUT2D eigenvalue weighted by atomic mass is 10.0. The van der Waals surface area contributed by atoms with E-state index in [0.717, 1.165) is 10.6 Å². The molecule has 7 nitrogen and oxygen atoms in total. The molecule has 0 spiro atoms. The molecular weight excluding hydrogens is 343 g/mol. The third kappa shape index (κ3) is 2.97. The topological polar surface area (TPSA) is 89.9 Å². The zero-order chi connectivity index (χ0) is 18.8. The summed E-state index contributed by atoms with van der Waals surface area (Å²) in [5, 5.41) is 0. The van der Waals surface area contributed by atoms with Gasteiger partial charge in [0.15, 0.2) is 0 Å². The summed E-state index contributed by atoms with van der Waals surface area (Å²) in [5.74, 6) is -1.36. The molecule has 0 aliphatic carbocycles. The molecule has 134 valence electrons. The van der Waals surface area contributed by atoms with Crippen LogP contribution in [0.1, 0.15) is 17.3 Å². The number of ether oxygens (including phenoxy) is 2. The predicted molar refractivity (Wildman–Crippen MR) is 92.2 cm³/mol. The van der Waals surface area contributed by atoms with E-state index in [2.05, 4.69) is 4.98 Å². The molecule has 1 N–H and O–H groups in total. The SMILES string of the molecule is CCOC(=O)c1cc(-c2ccc(OC)cc2)c2[nH]c(=O)c(F)cn2c1=O. The second-order valence-electron chi connectivity index (χ2n) is 5.38. The van der Waals surface area contributed by atoms with Gasteiger partial charge in [-0.05, 0) is 30.7 Å². The van der Waals surface area contributed by atoms with Crippen LogP contribution in [0.2, 0.25) is 0 Å². The Labute approximate surface area is 146 Å². The maximum atomic E-state index is 13.7. The highest BCUT2D eigenvalue weighted by Gasteiger charge is 2.19. The minimum Gasteiger partial charge on any atom is -0.497 e. The molecule has 1 aromatic carbocycles. The summed E-state index contributed by atoms with van der Waals surface area (Å²) < 4.78 is 24.6. The molecule has 3 rings (SSSR count). The van der Waals surface area contributed by atoms with Crippen molar-refractivity contribution in [3.8, 4) is 16.9 Å². The number of methoxy groups -OCH3 is 1. The average molecular weight is 358 g/mol. The van der Waals surface area contributed by atoms with Crippen LogP contribution >= 0.6 is 0 Å². The van der Waals surface area contributed by atoms with Gasteiger partial charge >= 0.3 is 5.97 Å². The van der Waals surface area contributed by atoms with Crippen molar-refractivity contribution < 1.29 is 18.7 Å². The van der Waals surface area contributed by atoms with E-state index in [0.29, 0.717) is 16.9 Å². The molecule has 0 saturated heterocycles. The Balaban J connectivity index is 2.36. The van der Waals surface area contributed by atoms with E-state index in [1.165, 1.54) is 13.2 Å². The summed E-state index contributed by atoms with van der Waals surface area (Å²) in [6.45, 7) is 1.69. The van der Waals surface area contributed by atoms with Gasteiger partial charge in [0.25, 0.3) is 11.1 Å². The van der Waals surface area contributed by atoms with E-state index < -0.39 is 22.9 Å². The molecule has 0 aliphatic heterocycles. The number of pyridine rings is 1. The Kier molecular flexibility index (Phi) is 4.57. The fraction of sp³-hybridized carbons (Fsp3) is 0.167. The summed E-state index contributed by atoms with van der Waals surface area (Å²) in [4.78, 5) is 38.7. The number of rotatable bonds is 4. The summed E-state index contributed by atoms with van der Waals surface area (Å²) in [7, 11) is 1.52. The van der Waals surface area contributed by atoms with Crippen LogP contribution in [0.3, 0.4) is 0 Å². The number of carbonyl (C=O) groups is 1. The lowest BCUT2D eigenvalue weighted by Crippen LogP contribution is -2.27. The van der Waals surface area contributed by atoms with E-state index in [-0.39, 0.29) is 17.8 Å². The number of aromatic nitrogens is 2. The van der Waals surface area contributed by atoms with Gasteiger partial charge < -0.3 is 14.5 Å². The van der Waals surface area contributed by atoms with E-state index >= 15 is 0 Å². The highest BCUT2D eigenvalue weighted by atomic mass is 19.1. The molecule has 0 unspecified atom stereocenters. The number of nitrogens with one attached hydrogen (secondary N) is 1. The Morgan fingerprint density at radius 3 is 2.54 bits per heavy atom. The number of aromatic amines is 1. The number of H-pyrrole nitrogens is 1. The fourth-order valence-corrected chi connectivity index (χ4v) is 2.57. The van der Waals surface area contributed by atoms with Gasteiger partial charge in [0.1, 0.15) is 17.0 Å². The number of benzene rings is 1. The first-order chi connectivity index (χ1) is 12.5. The van der Waals surface area contributed by atoms with E-state index in [9.17, 15) is 18.8 Å². The standard InChI is InChI=1S/C18H15FN2O5/c1-3-26-18(24)13-8-12(10-4-6-11(25-2)7-5-10)15-20-16(22)14(19)9-21(15)17(13)23/h4-9H,3H2,1-2H3,(H,20,22). The molecule has 0 bridgehead atoms. The van der Waals surface area contributed by atoms with Crippen molar-refractivity contribution >= 4 is 11.6 Å². The maximum Gasteiger partial charge on any atom is 0.343 e. The van der Waals surface area contributed by atoms with Crippen molar-refractivity contribution in [3.05, 3.63) is 68.6 Å². The number of nitrogens with zero attached hydrogens (tertiary/aromatic N) is 1. The Morgan fingerprint density at radius 2 is 1.92 bits per heavy atom. The molecule has 3 aromatic rings. The number of hydrogen-bond acceptors (Lipinski definition) is 5. The lowest BCUT2D eigenvalue weighted by molar-refractivity contribution is 0.0524. The number of carbonyl (C=O) groups excluding carboxylic acids is 1. The molecule has 0 radical (unpaired) electrons. The predicted octanol–water partition coefficient (Wildman–Crippen LogP) is 1.98. The van der Waals surface area contributed by atoms with E-state index in [1.807, 2.05) is 0 Å². The van der Waals surface area contributed by atoms with Crippen molar-refractivity contribution in [2.45, 2.75) is 6.92 Å². The molecular formula is C18H15FN2O5. The molecule has 26 heavy (non-hydrogen) atoms. The van der Waals surface area contributed by atoms with Gasteiger partial charge in [-0.3, -0.25) is 14.0 Å². The van der Waals surface area contributed by atoms with Gasteiger partial charge in [0.2, 0.25) is 5.82 Å². The molecule has 0 aliphatic rings. The van der Waals surface area contributed by atoms with Crippen LogP contribution in [-0.4, -0.2) is 29.1 Å². The second kappa shape index (κ2) is 6.83. The first-order valence-electron chi connectivity index (χ1n) is 7.76. The van der Waals surface area contributed by atoms with Crippen molar-refractivity contribution in [3.63, 3.8) is 0 Å². The second-order valence-corrected chi connectivity index (χ2v) is 5.38. The monoisotopic (exact) mass is 358 g/mol. The van der Waals surface area contributed by atoms with Crippen molar-refractivity contribution in [2.75, 3.05) is 13.7 Å². The van der Waals surface area contributed by atoms with Crippen LogP contribution in [0.5, 0.6) is 5.75 Å². The Hall–Kier alpha value is -3.42. The lowest BCUT2D eigenvalue weighted by Gasteiger charge is -2.11. The number of fused-ring (bicyclic) bond motifs is 1. The minimum atomic E-state index is -1.14. The highest BCUT2D eigenvalue weighted by Crippen LogP contribution is 2.25. The van der Waals surface area contributed by atoms with Crippen LogP contribution in [0, 0.1) is 5.82 Å². The van der Waals surface area contributed by atoms with Gasteiger partial charge in [0, 0.05) is 5.56 Å². The average Bonchev–Trinajstić information content (AvgIpc) is 2.64. The number of hydrogen-bond donors (Lipinski definition) is 1. The quantitative estimate of drug-likeness (QED) is 0.721. The number of halogens is 1. The summed E-state index contributed by atoms with van der Waals surface area (Å²) in [6, 6.07) is 8.07. The molecule has 2 heterocycles. The number of esters is 1. The largest absolute Gasteiger partial charge is 0.497 e. The zero-order valence-corrected chi connectivity index (χ0v) is 14.0. The Bertz CT molecular complexity index is 1100. The fourth-order valence-electron chi connectivity index (χ4n) is 2.57. The van der Waals surface area contributed by atoms with Gasteiger partial charge in [-0.25, -0.2) is 4.79 Å². The van der Waals surface area contributed by atoms with Crippen LogP contribution in [-0.2, 0) is 4.74 Å². The normalized spacial score (nSPS) is 10.7. The first-order valence-corrected chi connectivity index (χ1v) is 7.76. The molecule has 2 aromatic heterocycles. The van der Waals surface area contributed by atoms with Crippen LogP contribution < -0.4 is 15.9 Å². The van der Waals surface area contributed by atoms with Gasteiger partial charge in [-0.2, -0.15) is 4.39 Å². The van der Waals surface area contributed by atoms with Crippen molar-refractivity contribution in [1.82, 2.24) is 9.38 Å². The van der Waals surface area contributed by atoms with E-state index in [4.69, 9.17) is 9.47 Å². The van der Waals surface area contributed by atoms with Crippen molar-refractivity contribution in [2.24, 2.45) is 0 Å². The smallest absolute Gasteiger partial charge is 0.343 e. The molecule has 0 fully saturated rings. The van der Waals surface area contributed by atoms with Gasteiger partial charge in [-0.15, -0.1) is 0 Å². The van der Waals surface area contributed by atoms with Crippen LogP contribution in [0.4, 0.5) is 4.39 Å². The minimum absolute atomic E-state index is 0.0691. The molecule has 0 atom stereocenters. The molecule has 0 amide bonds. The zero-order valence-electron chi connectivity index (χ0n) is 14.0. The molecule has 8 heteroatoms. The van der Waals surface area contributed by atoms with Crippen LogP contribution in [0.15, 0.2) is 46.1 Å². The maximum absolute atomic E-state index is 13.7. The summed E-state index contributed by atoms with van der Waals surface area (Å²) >= 11 is 0. The Morgan fingerprint density at radius 1 is 1.23 bits per heavy atom. The summed E-state index contributed by atoms with van der Waals surface area (Å²) in [6.07, 6.45) is 0.756. The summed E-state index contributed by atoms with van der Waals surface area (Å²) in [5.41, 5.74) is -0.987.